The Labute approximate surface area is 119 Å². The highest BCUT2D eigenvalue weighted by Crippen LogP contribution is 2.55. The maximum Gasteiger partial charge on any atom is 0.214 e. The van der Waals surface area contributed by atoms with Crippen molar-refractivity contribution in [1.82, 2.24) is 0 Å². The minimum Gasteiger partial charge on any atom is -0.312 e. The molecule has 2 aliphatic heterocycles. The number of carbonyl (C=O) groups excluding carboxylic acids is 1. The van der Waals surface area contributed by atoms with Crippen molar-refractivity contribution in [2.45, 2.75) is 51.6 Å². The van der Waals surface area contributed by atoms with E-state index < -0.39 is 17.0 Å². The average molecular weight is 276 g/mol. The van der Waals surface area contributed by atoms with Crippen molar-refractivity contribution in [3.05, 3.63) is 35.9 Å². The molecule has 4 nitrogen and oxygen atoms in total. The highest BCUT2D eigenvalue weighted by molar-refractivity contribution is 5.84. The molecule has 3 rings (SSSR count). The molecule has 1 aromatic rings. The number of hydrogen-bond donors (Lipinski definition) is 0. The van der Waals surface area contributed by atoms with Crippen LogP contribution in [0.15, 0.2) is 30.3 Å². The molecule has 0 radical (unpaired) electrons. The van der Waals surface area contributed by atoms with Gasteiger partial charge in [0.2, 0.25) is 11.6 Å². The molecule has 2 aliphatic rings. The molecule has 0 saturated carbocycles. The Balaban J connectivity index is 1.99. The molecule has 1 aromatic carbocycles. The van der Waals surface area contributed by atoms with Gasteiger partial charge in [0.05, 0.1) is 5.41 Å². The number of ketones is 1. The first-order valence-electron chi connectivity index (χ1n) is 7.01. The van der Waals surface area contributed by atoms with E-state index in [9.17, 15) is 4.79 Å². The summed E-state index contributed by atoms with van der Waals surface area (Å²) in [4.78, 5) is 23.2. The van der Waals surface area contributed by atoms with Crippen LogP contribution in [0.25, 0.3) is 0 Å². The SMILES string of the molecule is CC(=O)[C@@]1(Cc2ccccc2)CC[C@]2(C)OO[C@@]1(C)O2. The van der Waals surface area contributed by atoms with E-state index in [1.807, 2.05) is 44.2 Å². The van der Waals surface area contributed by atoms with Gasteiger partial charge in [0.25, 0.3) is 0 Å². The van der Waals surface area contributed by atoms with E-state index in [1.54, 1.807) is 6.92 Å². The molecule has 3 atom stereocenters. The second kappa shape index (κ2) is 4.38. The van der Waals surface area contributed by atoms with Gasteiger partial charge in [-0.3, -0.25) is 4.79 Å². The van der Waals surface area contributed by atoms with Crippen molar-refractivity contribution in [2.24, 2.45) is 5.41 Å². The molecule has 0 aromatic heterocycles. The predicted octanol–water partition coefficient (Wildman–Crippen LogP) is 3.01. The van der Waals surface area contributed by atoms with Crippen molar-refractivity contribution in [2.75, 3.05) is 0 Å². The molecule has 0 amide bonds. The zero-order valence-electron chi connectivity index (χ0n) is 12.1. The summed E-state index contributed by atoms with van der Waals surface area (Å²) in [6, 6.07) is 9.97. The van der Waals surface area contributed by atoms with Gasteiger partial charge in [-0.25, -0.2) is 0 Å². The number of Topliss-reactive ketones (excluding diaryl/α,β-unsaturated/α-hetero) is 1. The quantitative estimate of drug-likeness (QED) is 0.796. The fraction of sp³-hybridized carbons (Fsp3) is 0.562. The van der Waals surface area contributed by atoms with Crippen LogP contribution in [0.3, 0.4) is 0 Å². The highest BCUT2D eigenvalue weighted by atomic mass is 17.3. The Morgan fingerprint density at radius 3 is 2.50 bits per heavy atom. The maximum absolute atomic E-state index is 12.4. The summed E-state index contributed by atoms with van der Waals surface area (Å²) >= 11 is 0. The molecule has 0 unspecified atom stereocenters. The molecule has 0 N–H and O–H groups in total. The van der Waals surface area contributed by atoms with Crippen LogP contribution in [0.1, 0.15) is 39.2 Å². The first-order chi connectivity index (χ1) is 9.39. The molecule has 4 heteroatoms. The van der Waals surface area contributed by atoms with Crippen LogP contribution in [0.5, 0.6) is 0 Å². The summed E-state index contributed by atoms with van der Waals surface area (Å²) in [7, 11) is 0. The molecule has 2 bridgehead atoms. The number of rotatable bonds is 3. The molecule has 0 aliphatic carbocycles. The third-order valence-corrected chi connectivity index (χ3v) is 4.69. The van der Waals surface area contributed by atoms with E-state index in [1.165, 1.54) is 0 Å². The summed E-state index contributed by atoms with van der Waals surface area (Å²) in [6.45, 7) is 5.27. The zero-order valence-corrected chi connectivity index (χ0v) is 12.1. The number of ether oxygens (including phenoxy) is 1. The third kappa shape index (κ3) is 1.91. The van der Waals surface area contributed by atoms with Crippen LogP contribution in [-0.4, -0.2) is 17.4 Å². The number of benzene rings is 1. The van der Waals surface area contributed by atoms with Gasteiger partial charge in [-0.2, -0.15) is 9.78 Å². The molecule has 2 saturated heterocycles. The van der Waals surface area contributed by atoms with Gasteiger partial charge in [0, 0.05) is 6.42 Å². The second-order valence-corrected chi connectivity index (χ2v) is 6.15. The molecule has 0 spiro atoms. The Kier molecular flexibility index (Phi) is 3.01. The number of hydrogen-bond acceptors (Lipinski definition) is 4. The lowest BCUT2D eigenvalue weighted by Crippen LogP contribution is -2.57. The Morgan fingerprint density at radius 1 is 1.15 bits per heavy atom. The van der Waals surface area contributed by atoms with E-state index in [-0.39, 0.29) is 5.78 Å². The predicted molar refractivity (Wildman–Crippen MR) is 72.6 cm³/mol. The van der Waals surface area contributed by atoms with Crippen molar-refractivity contribution in [3.63, 3.8) is 0 Å². The molecule has 108 valence electrons. The lowest BCUT2D eigenvalue weighted by atomic mass is 9.67. The third-order valence-electron chi connectivity index (χ3n) is 4.69. The molecule has 20 heavy (non-hydrogen) atoms. The summed E-state index contributed by atoms with van der Waals surface area (Å²) < 4.78 is 5.96. The maximum atomic E-state index is 12.4. The highest BCUT2D eigenvalue weighted by Gasteiger charge is 2.66. The van der Waals surface area contributed by atoms with E-state index in [0.717, 1.165) is 5.56 Å². The van der Waals surface area contributed by atoms with Gasteiger partial charge in [-0.15, -0.1) is 0 Å². The number of fused-ring (bicyclic) bond motifs is 2. The minimum atomic E-state index is -1.03. The fourth-order valence-electron chi connectivity index (χ4n) is 3.36. The van der Waals surface area contributed by atoms with Gasteiger partial charge in [0.15, 0.2) is 0 Å². The standard InChI is InChI=1S/C16H20O4/c1-12(17)16(11-13-7-5-4-6-8-13)10-9-14(2)18-15(16,3)20-19-14/h4-8H,9-11H2,1-3H3/t14-,15+,16-/m0/s1. The minimum absolute atomic E-state index is 0.0800. The Bertz CT molecular complexity index is 529. The van der Waals surface area contributed by atoms with E-state index in [0.29, 0.717) is 19.3 Å². The van der Waals surface area contributed by atoms with Crippen LogP contribution in [0.4, 0.5) is 0 Å². The molecular formula is C16H20O4. The first-order valence-corrected chi connectivity index (χ1v) is 7.01. The van der Waals surface area contributed by atoms with Crippen molar-refractivity contribution < 1.29 is 19.3 Å². The smallest absolute Gasteiger partial charge is 0.214 e. The lowest BCUT2D eigenvalue weighted by molar-refractivity contribution is -0.350. The summed E-state index contributed by atoms with van der Waals surface area (Å²) in [5.74, 6) is -1.68. The van der Waals surface area contributed by atoms with Crippen LogP contribution < -0.4 is 0 Å². The van der Waals surface area contributed by atoms with Gasteiger partial charge >= 0.3 is 0 Å². The Morgan fingerprint density at radius 2 is 1.85 bits per heavy atom. The topological polar surface area (TPSA) is 44.8 Å². The summed E-state index contributed by atoms with van der Waals surface area (Å²) in [5.41, 5.74) is 0.399. The van der Waals surface area contributed by atoms with Crippen molar-refractivity contribution in [3.8, 4) is 0 Å². The first kappa shape index (κ1) is 13.7. The summed E-state index contributed by atoms with van der Waals surface area (Å²) in [6.07, 6.45) is 1.94. The van der Waals surface area contributed by atoms with Crippen LogP contribution in [0, 0.1) is 5.41 Å². The van der Waals surface area contributed by atoms with Crippen molar-refractivity contribution >= 4 is 5.78 Å². The lowest BCUT2D eigenvalue weighted by Gasteiger charge is -2.45. The van der Waals surface area contributed by atoms with Gasteiger partial charge in [-0.05, 0) is 39.2 Å². The van der Waals surface area contributed by atoms with E-state index in [2.05, 4.69) is 0 Å². The molecular weight excluding hydrogens is 256 g/mol. The van der Waals surface area contributed by atoms with E-state index >= 15 is 0 Å². The van der Waals surface area contributed by atoms with Crippen LogP contribution >= 0.6 is 0 Å². The van der Waals surface area contributed by atoms with Gasteiger partial charge in [0.1, 0.15) is 5.78 Å². The fourth-order valence-corrected chi connectivity index (χ4v) is 3.36. The van der Waals surface area contributed by atoms with E-state index in [4.69, 9.17) is 14.5 Å². The second-order valence-electron chi connectivity index (χ2n) is 6.15. The molecule has 2 fully saturated rings. The Hall–Kier alpha value is -1.23. The monoisotopic (exact) mass is 276 g/mol. The van der Waals surface area contributed by atoms with Crippen LogP contribution in [-0.2, 0) is 25.7 Å². The molecule has 2 heterocycles. The van der Waals surface area contributed by atoms with Crippen LogP contribution in [0.2, 0.25) is 0 Å². The zero-order chi connectivity index (χ0) is 14.4. The van der Waals surface area contributed by atoms with Crippen molar-refractivity contribution in [1.29, 1.82) is 0 Å². The largest absolute Gasteiger partial charge is 0.312 e. The van der Waals surface area contributed by atoms with Gasteiger partial charge < -0.3 is 4.74 Å². The summed E-state index contributed by atoms with van der Waals surface area (Å²) in [5, 5.41) is 0. The number of carbonyl (C=O) groups is 1. The average Bonchev–Trinajstić information content (AvgIpc) is 2.68. The normalized spacial score (nSPS) is 39.8. The van der Waals surface area contributed by atoms with Gasteiger partial charge in [-0.1, -0.05) is 30.3 Å².